The van der Waals surface area contributed by atoms with Gasteiger partial charge in [0, 0.05) is 19.5 Å². The lowest BCUT2D eigenvalue weighted by Crippen LogP contribution is -2.44. The van der Waals surface area contributed by atoms with Gasteiger partial charge in [0.15, 0.2) is 0 Å². The van der Waals surface area contributed by atoms with Crippen molar-refractivity contribution in [1.82, 2.24) is 9.80 Å². The van der Waals surface area contributed by atoms with Gasteiger partial charge in [0.25, 0.3) is 0 Å². The summed E-state index contributed by atoms with van der Waals surface area (Å²) in [6.07, 6.45) is 4.47. The van der Waals surface area contributed by atoms with Crippen molar-refractivity contribution in [2.24, 2.45) is 0 Å². The lowest BCUT2D eigenvalue weighted by Gasteiger charge is -2.33. The monoisotopic (exact) mass is 348 g/mol. The highest BCUT2D eigenvalue weighted by Crippen LogP contribution is 2.32. The van der Waals surface area contributed by atoms with E-state index >= 15 is 0 Å². The number of hydrogen-bond donors (Lipinski definition) is 0. The van der Waals surface area contributed by atoms with Crippen LogP contribution in [0.2, 0.25) is 0 Å². The number of aryl methyl sites for hydroxylation is 2. The van der Waals surface area contributed by atoms with Crippen LogP contribution in [-0.4, -0.2) is 34.5 Å². The first-order valence-electron chi connectivity index (χ1n) is 9.80. The van der Waals surface area contributed by atoms with E-state index in [1.165, 1.54) is 35.1 Å². The van der Waals surface area contributed by atoms with Crippen molar-refractivity contribution in [2.75, 3.05) is 6.54 Å². The zero-order valence-electron chi connectivity index (χ0n) is 15.8. The Morgan fingerprint density at radius 2 is 1.77 bits per heavy atom. The van der Waals surface area contributed by atoms with Gasteiger partial charge in [0.2, 0.25) is 5.91 Å². The lowest BCUT2D eigenvalue weighted by molar-refractivity contribution is -0.130. The highest BCUT2D eigenvalue weighted by atomic mass is 16.2. The van der Waals surface area contributed by atoms with Gasteiger partial charge in [-0.2, -0.15) is 0 Å². The van der Waals surface area contributed by atoms with Gasteiger partial charge < -0.3 is 4.90 Å². The Labute approximate surface area is 156 Å². The summed E-state index contributed by atoms with van der Waals surface area (Å²) < 4.78 is 0. The molecule has 136 valence electrons. The molecule has 0 N–H and O–H groups in total. The fourth-order valence-corrected chi connectivity index (χ4v) is 4.43. The van der Waals surface area contributed by atoms with Crippen LogP contribution < -0.4 is 0 Å². The second kappa shape index (κ2) is 7.24. The van der Waals surface area contributed by atoms with Crippen LogP contribution in [0.3, 0.4) is 0 Å². The normalized spacial score (nSPS) is 23.3. The van der Waals surface area contributed by atoms with Gasteiger partial charge in [0.1, 0.15) is 0 Å². The summed E-state index contributed by atoms with van der Waals surface area (Å²) in [4.78, 5) is 17.7. The molecule has 2 atom stereocenters. The average Bonchev–Trinajstić information content (AvgIpc) is 2.92. The van der Waals surface area contributed by atoms with Gasteiger partial charge in [-0.05, 0) is 48.9 Å². The third-order valence-corrected chi connectivity index (χ3v) is 6.04. The van der Waals surface area contributed by atoms with E-state index < -0.39 is 0 Å². The maximum atomic E-state index is 13.2. The number of carbonyl (C=O) groups is 1. The van der Waals surface area contributed by atoms with E-state index in [4.69, 9.17) is 0 Å². The molecule has 0 bridgehead atoms. The van der Waals surface area contributed by atoms with E-state index in [2.05, 4.69) is 66.1 Å². The Morgan fingerprint density at radius 1 is 0.962 bits per heavy atom. The summed E-state index contributed by atoms with van der Waals surface area (Å²) in [7, 11) is 0. The number of nitrogens with zero attached hydrogens (tertiary/aromatic N) is 2. The molecule has 2 saturated heterocycles. The van der Waals surface area contributed by atoms with E-state index in [1.54, 1.807) is 0 Å². The molecule has 0 aliphatic carbocycles. The molecule has 3 nitrogen and oxygen atoms in total. The molecule has 2 aromatic carbocycles. The molecule has 2 fully saturated rings. The van der Waals surface area contributed by atoms with Crippen molar-refractivity contribution >= 4 is 5.91 Å². The van der Waals surface area contributed by atoms with E-state index in [9.17, 15) is 4.79 Å². The summed E-state index contributed by atoms with van der Waals surface area (Å²) in [6.45, 7) is 6.07. The van der Waals surface area contributed by atoms with E-state index in [-0.39, 0.29) is 12.2 Å². The van der Waals surface area contributed by atoms with Crippen LogP contribution in [0.4, 0.5) is 0 Å². The quantitative estimate of drug-likeness (QED) is 0.831. The zero-order chi connectivity index (χ0) is 18.1. The fraction of sp³-hybridized carbons (Fsp3) is 0.435. The first kappa shape index (κ1) is 17.3. The van der Waals surface area contributed by atoms with Crippen molar-refractivity contribution in [3.63, 3.8) is 0 Å². The fourth-order valence-electron chi connectivity index (χ4n) is 4.43. The summed E-state index contributed by atoms with van der Waals surface area (Å²) >= 11 is 0. The second-order valence-corrected chi connectivity index (χ2v) is 7.80. The summed E-state index contributed by atoms with van der Waals surface area (Å²) in [5.74, 6) is 0.322. The maximum Gasteiger partial charge on any atom is 0.241 e. The molecule has 0 aromatic heterocycles. The third kappa shape index (κ3) is 3.28. The van der Waals surface area contributed by atoms with E-state index in [1.807, 2.05) is 6.07 Å². The Kier molecular flexibility index (Phi) is 4.82. The number of rotatable bonds is 4. The Bertz CT molecular complexity index is 786. The number of hydrogen-bond acceptors (Lipinski definition) is 2. The second-order valence-electron chi connectivity index (χ2n) is 7.80. The maximum absolute atomic E-state index is 13.2. The number of piperidine rings is 1. The van der Waals surface area contributed by atoms with Crippen LogP contribution in [0, 0.1) is 13.8 Å². The zero-order valence-corrected chi connectivity index (χ0v) is 15.8. The number of amides is 1. The molecule has 4 rings (SSSR count). The molecular formula is C23H28N2O. The molecule has 3 heteroatoms. The smallest absolute Gasteiger partial charge is 0.241 e. The molecule has 2 heterocycles. The van der Waals surface area contributed by atoms with Crippen LogP contribution >= 0.6 is 0 Å². The van der Waals surface area contributed by atoms with Crippen molar-refractivity contribution in [3.05, 3.63) is 70.8 Å². The van der Waals surface area contributed by atoms with Crippen LogP contribution in [0.15, 0.2) is 48.5 Å². The molecule has 2 aromatic rings. The van der Waals surface area contributed by atoms with Crippen molar-refractivity contribution in [1.29, 1.82) is 0 Å². The number of benzene rings is 2. The molecule has 2 aliphatic rings. The van der Waals surface area contributed by atoms with E-state index in [0.717, 1.165) is 19.4 Å². The largest absolute Gasteiger partial charge is 0.321 e. The third-order valence-electron chi connectivity index (χ3n) is 6.04. The minimum atomic E-state index is 0.0870. The first-order valence-corrected chi connectivity index (χ1v) is 9.80. The van der Waals surface area contributed by atoms with Crippen LogP contribution in [0.25, 0.3) is 0 Å². The highest BCUT2D eigenvalue weighted by molar-refractivity contribution is 5.84. The Morgan fingerprint density at radius 3 is 2.54 bits per heavy atom. The predicted octanol–water partition coefficient (Wildman–Crippen LogP) is 4.07. The van der Waals surface area contributed by atoms with Crippen LogP contribution in [0.1, 0.15) is 41.5 Å². The molecule has 1 amide bonds. The minimum absolute atomic E-state index is 0.0870. The lowest BCUT2D eigenvalue weighted by atomic mass is 10.0. The van der Waals surface area contributed by atoms with Crippen molar-refractivity contribution < 1.29 is 4.79 Å². The number of carbonyl (C=O) groups excluding carboxylic acids is 1. The minimum Gasteiger partial charge on any atom is -0.321 e. The Balaban J connectivity index is 1.62. The van der Waals surface area contributed by atoms with E-state index in [0.29, 0.717) is 12.5 Å². The van der Waals surface area contributed by atoms with Crippen molar-refractivity contribution in [2.45, 2.75) is 58.3 Å². The van der Waals surface area contributed by atoms with Gasteiger partial charge in [-0.1, -0.05) is 55.0 Å². The Hall–Kier alpha value is -2.13. The molecule has 0 spiro atoms. The topological polar surface area (TPSA) is 23.6 Å². The molecule has 26 heavy (non-hydrogen) atoms. The summed E-state index contributed by atoms with van der Waals surface area (Å²) in [5, 5.41) is 0. The standard InChI is InChI=1S/C23H28N2O/c1-17-11-12-20(14-18(17)2)15-22-24-13-7-6-10-21(24)23(26)25(22)16-19-8-4-3-5-9-19/h3-5,8-9,11-12,14,21-22H,6-7,10,13,15-16H2,1-2H3/t21?,22-/m0/s1. The molecule has 1 unspecified atom stereocenters. The molecule has 2 aliphatic heterocycles. The SMILES string of the molecule is Cc1ccc(C[C@@H]2N(Cc3ccccc3)C(=O)C3CCCCN32)cc1C. The van der Waals surface area contributed by atoms with Gasteiger partial charge in [0.05, 0.1) is 12.2 Å². The summed E-state index contributed by atoms with van der Waals surface area (Å²) in [6, 6.07) is 17.2. The van der Waals surface area contributed by atoms with Gasteiger partial charge in [-0.3, -0.25) is 9.69 Å². The average molecular weight is 348 g/mol. The highest BCUT2D eigenvalue weighted by Gasteiger charge is 2.46. The molecule has 0 saturated carbocycles. The van der Waals surface area contributed by atoms with Gasteiger partial charge in [-0.25, -0.2) is 0 Å². The van der Waals surface area contributed by atoms with Gasteiger partial charge in [-0.15, -0.1) is 0 Å². The van der Waals surface area contributed by atoms with Gasteiger partial charge >= 0.3 is 0 Å². The van der Waals surface area contributed by atoms with Crippen molar-refractivity contribution in [3.8, 4) is 0 Å². The predicted molar refractivity (Wildman–Crippen MR) is 105 cm³/mol. The molecule has 0 radical (unpaired) electrons. The van der Waals surface area contributed by atoms with Crippen LogP contribution in [-0.2, 0) is 17.8 Å². The number of fused-ring (bicyclic) bond motifs is 1. The molecular weight excluding hydrogens is 320 g/mol. The van der Waals surface area contributed by atoms with Crippen LogP contribution in [0.5, 0.6) is 0 Å². The summed E-state index contributed by atoms with van der Waals surface area (Å²) in [5.41, 5.74) is 5.20. The first-order chi connectivity index (χ1) is 12.6.